The molecule has 90 valence electrons. The maximum absolute atomic E-state index is 11.9. The van der Waals surface area contributed by atoms with Gasteiger partial charge in [0.1, 0.15) is 0 Å². The molecule has 1 aliphatic heterocycles. The van der Waals surface area contributed by atoms with E-state index in [-0.39, 0.29) is 17.4 Å². The van der Waals surface area contributed by atoms with Gasteiger partial charge in [0.25, 0.3) is 5.56 Å². The fourth-order valence-corrected chi connectivity index (χ4v) is 2.92. The quantitative estimate of drug-likeness (QED) is 0.765. The first-order chi connectivity index (χ1) is 8.24. The third-order valence-corrected chi connectivity index (χ3v) is 4.16. The second-order valence-corrected chi connectivity index (χ2v) is 5.45. The Kier molecular flexibility index (Phi) is 2.66. The van der Waals surface area contributed by atoms with Crippen LogP contribution in [0.25, 0.3) is 0 Å². The van der Waals surface area contributed by atoms with E-state index >= 15 is 0 Å². The lowest BCUT2D eigenvalue weighted by Gasteiger charge is -2.23. The second-order valence-electron chi connectivity index (χ2n) is 4.47. The number of amides is 1. The van der Waals surface area contributed by atoms with Crippen LogP contribution >= 0.6 is 11.8 Å². The molecule has 0 aromatic carbocycles. The van der Waals surface area contributed by atoms with Crippen LogP contribution < -0.4 is 10.9 Å². The van der Waals surface area contributed by atoms with Gasteiger partial charge in [0, 0.05) is 30.6 Å². The Labute approximate surface area is 103 Å². The number of aromatic nitrogens is 2. The van der Waals surface area contributed by atoms with Crippen molar-refractivity contribution in [2.24, 2.45) is 5.92 Å². The van der Waals surface area contributed by atoms with Crippen LogP contribution in [0.15, 0.2) is 22.2 Å². The summed E-state index contributed by atoms with van der Waals surface area (Å²) in [5.41, 5.74) is -0.0774. The average molecular weight is 251 g/mol. The van der Waals surface area contributed by atoms with Crippen LogP contribution in [-0.4, -0.2) is 27.3 Å². The minimum Gasteiger partial charge on any atom is -0.353 e. The summed E-state index contributed by atoms with van der Waals surface area (Å²) in [6.45, 7) is 0.452. The van der Waals surface area contributed by atoms with E-state index in [9.17, 15) is 9.59 Å². The zero-order chi connectivity index (χ0) is 11.8. The van der Waals surface area contributed by atoms with Gasteiger partial charge in [-0.15, -0.1) is 0 Å². The fourth-order valence-electron chi connectivity index (χ4n) is 1.86. The van der Waals surface area contributed by atoms with E-state index in [1.807, 2.05) is 0 Å². The summed E-state index contributed by atoms with van der Waals surface area (Å²) in [5, 5.41) is 3.70. The summed E-state index contributed by atoms with van der Waals surface area (Å²) in [6.07, 6.45) is 3.69. The molecule has 0 radical (unpaired) electrons. The van der Waals surface area contributed by atoms with Crippen LogP contribution in [-0.2, 0) is 11.3 Å². The lowest BCUT2D eigenvalue weighted by molar-refractivity contribution is -0.125. The fraction of sp³-hybridized carbons (Fsp3) is 0.545. The van der Waals surface area contributed by atoms with Gasteiger partial charge in [-0.2, -0.15) is 0 Å². The molecule has 1 N–H and O–H groups in total. The van der Waals surface area contributed by atoms with E-state index in [1.165, 1.54) is 24.0 Å². The highest BCUT2D eigenvalue weighted by Gasteiger charge is 2.30. The lowest BCUT2D eigenvalue weighted by Crippen LogP contribution is -2.40. The van der Waals surface area contributed by atoms with Crippen molar-refractivity contribution in [2.75, 3.05) is 5.75 Å². The topological polar surface area (TPSA) is 64.0 Å². The van der Waals surface area contributed by atoms with Crippen molar-refractivity contribution in [2.45, 2.75) is 30.6 Å². The molecule has 1 saturated carbocycles. The summed E-state index contributed by atoms with van der Waals surface area (Å²) in [4.78, 5) is 27.7. The summed E-state index contributed by atoms with van der Waals surface area (Å²) < 4.78 is 1.59. The molecule has 1 fully saturated rings. The Morgan fingerprint density at radius 2 is 2.35 bits per heavy atom. The highest BCUT2D eigenvalue weighted by molar-refractivity contribution is 7.99. The van der Waals surface area contributed by atoms with Gasteiger partial charge in [-0.3, -0.25) is 14.2 Å². The third-order valence-electron chi connectivity index (χ3n) is 3.01. The number of hydrogen-bond acceptors (Lipinski definition) is 4. The molecule has 1 aromatic heterocycles. The van der Waals surface area contributed by atoms with Gasteiger partial charge < -0.3 is 5.32 Å². The molecule has 0 saturated heterocycles. The Hall–Kier alpha value is -1.30. The molecule has 1 amide bonds. The summed E-state index contributed by atoms with van der Waals surface area (Å²) in [5.74, 6) is 0.658. The van der Waals surface area contributed by atoms with Crippen LogP contribution in [0.1, 0.15) is 12.8 Å². The van der Waals surface area contributed by atoms with Crippen molar-refractivity contribution >= 4 is 17.7 Å². The highest BCUT2D eigenvalue weighted by Crippen LogP contribution is 2.26. The lowest BCUT2D eigenvalue weighted by atomic mass is 10.1. The van der Waals surface area contributed by atoms with Gasteiger partial charge in [-0.1, -0.05) is 11.8 Å². The highest BCUT2D eigenvalue weighted by atomic mass is 32.2. The van der Waals surface area contributed by atoms with Crippen molar-refractivity contribution < 1.29 is 4.79 Å². The maximum Gasteiger partial charge on any atom is 0.254 e. The van der Waals surface area contributed by atoms with Crippen LogP contribution in [0.4, 0.5) is 0 Å². The molecule has 5 nitrogen and oxygen atoms in total. The smallest absolute Gasteiger partial charge is 0.254 e. The Bertz CT molecular complexity index is 510. The van der Waals surface area contributed by atoms with Gasteiger partial charge in [0.2, 0.25) is 5.91 Å². The predicted octanol–water partition coefficient (Wildman–Crippen LogP) is 0.244. The largest absolute Gasteiger partial charge is 0.353 e. The Morgan fingerprint density at radius 1 is 1.53 bits per heavy atom. The van der Waals surface area contributed by atoms with Crippen LogP contribution in [0.3, 0.4) is 0 Å². The van der Waals surface area contributed by atoms with Gasteiger partial charge in [0.05, 0.1) is 5.92 Å². The number of rotatable bonds is 2. The molecule has 6 heteroatoms. The number of carbonyl (C=O) groups is 1. The first kappa shape index (κ1) is 10.8. The van der Waals surface area contributed by atoms with Crippen molar-refractivity contribution in [3.63, 3.8) is 0 Å². The first-order valence-corrected chi connectivity index (χ1v) is 6.71. The molecule has 1 aliphatic carbocycles. The van der Waals surface area contributed by atoms with Crippen molar-refractivity contribution in [1.82, 2.24) is 14.9 Å². The van der Waals surface area contributed by atoms with E-state index in [4.69, 9.17) is 0 Å². The molecule has 2 aliphatic rings. The molecule has 17 heavy (non-hydrogen) atoms. The van der Waals surface area contributed by atoms with E-state index < -0.39 is 0 Å². The zero-order valence-electron chi connectivity index (χ0n) is 9.26. The minimum absolute atomic E-state index is 0.0707. The molecule has 1 aromatic rings. The van der Waals surface area contributed by atoms with E-state index in [0.29, 0.717) is 23.5 Å². The number of thioether (sulfide) groups is 1. The number of fused-ring (bicyclic) bond motifs is 1. The van der Waals surface area contributed by atoms with Crippen molar-refractivity contribution in [3.05, 3.63) is 22.6 Å². The van der Waals surface area contributed by atoms with Gasteiger partial charge in [-0.05, 0) is 12.8 Å². The number of nitrogens with one attached hydrogen (secondary N) is 1. The molecule has 2 heterocycles. The third kappa shape index (κ3) is 2.22. The van der Waals surface area contributed by atoms with Crippen molar-refractivity contribution in [3.8, 4) is 0 Å². The Balaban J connectivity index is 1.77. The Morgan fingerprint density at radius 3 is 3.12 bits per heavy atom. The van der Waals surface area contributed by atoms with Crippen molar-refractivity contribution in [1.29, 1.82) is 0 Å². The average Bonchev–Trinajstić information content (AvgIpc) is 3.13. The molecular formula is C11H13N3O2S. The SMILES string of the molecule is O=C(NC1CC1)C1CSc2nccc(=O)n2C1. The number of carbonyl (C=O) groups excluding carboxylic acids is 1. The van der Waals surface area contributed by atoms with Gasteiger partial charge in [0.15, 0.2) is 5.16 Å². The van der Waals surface area contributed by atoms with Crippen LogP contribution in [0.5, 0.6) is 0 Å². The molecule has 1 atom stereocenters. The van der Waals surface area contributed by atoms with E-state index in [2.05, 4.69) is 10.3 Å². The predicted molar refractivity (Wildman–Crippen MR) is 63.9 cm³/mol. The summed E-state index contributed by atoms with van der Waals surface area (Å²) in [6, 6.07) is 1.81. The molecule has 1 unspecified atom stereocenters. The summed E-state index contributed by atoms with van der Waals surface area (Å²) >= 11 is 1.48. The summed E-state index contributed by atoms with van der Waals surface area (Å²) in [7, 11) is 0. The number of nitrogens with zero attached hydrogens (tertiary/aromatic N) is 2. The van der Waals surface area contributed by atoms with E-state index in [0.717, 1.165) is 12.8 Å². The van der Waals surface area contributed by atoms with Gasteiger partial charge >= 0.3 is 0 Å². The first-order valence-electron chi connectivity index (χ1n) is 5.73. The van der Waals surface area contributed by atoms with Gasteiger partial charge in [-0.25, -0.2) is 4.98 Å². The van der Waals surface area contributed by atoms with E-state index in [1.54, 1.807) is 4.57 Å². The van der Waals surface area contributed by atoms with Crippen LogP contribution in [0.2, 0.25) is 0 Å². The monoisotopic (exact) mass is 251 g/mol. The minimum atomic E-state index is -0.116. The number of hydrogen-bond donors (Lipinski definition) is 1. The zero-order valence-corrected chi connectivity index (χ0v) is 10.1. The molecule has 3 rings (SSSR count). The molecule has 0 spiro atoms. The molecule has 0 bridgehead atoms. The standard InChI is InChI=1S/C11H13N3O2S/c15-9-3-4-12-11-14(9)5-7(6-17-11)10(16)13-8-1-2-8/h3-4,7-8H,1-2,5-6H2,(H,13,16). The van der Waals surface area contributed by atoms with Crippen LogP contribution in [0, 0.1) is 5.92 Å². The maximum atomic E-state index is 11.9. The molecular weight excluding hydrogens is 238 g/mol. The second kappa shape index (κ2) is 4.18. The normalized spacial score (nSPS) is 22.9.